The summed E-state index contributed by atoms with van der Waals surface area (Å²) in [7, 11) is 0. The van der Waals surface area contributed by atoms with Crippen molar-refractivity contribution in [3.63, 3.8) is 0 Å². The third-order valence-electron chi connectivity index (χ3n) is 11.7. The number of thioether (sulfide) groups is 2. The third-order valence-corrected chi connectivity index (χ3v) is 14.1. The van der Waals surface area contributed by atoms with E-state index >= 15 is 0 Å². The van der Waals surface area contributed by atoms with Crippen LogP contribution in [0.2, 0.25) is 0 Å². The number of carbonyl (C=O) groups is 3. The Morgan fingerprint density at radius 3 is 1.46 bits per heavy atom. The molecule has 10 nitrogen and oxygen atoms in total. The average molecular weight is 923 g/mol. The highest BCUT2D eigenvalue weighted by Crippen LogP contribution is 2.39. The molecule has 0 fully saturated rings. The molecule has 0 saturated carbocycles. The number of aliphatic hydroxyl groups excluding tert-OH is 1. The number of aliphatic hydroxyl groups is 1. The van der Waals surface area contributed by atoms with Gasteiger partial charge in [0.15, 0.2) is 0 Å². The van der Waals surface area contributed by atoms with Crippen molar-refractivity contribution in [2.24, 2.45) is 11.8 Å². The van der Waals surface area contributed by atoms with E-state index in [4.69, 9.17) is 18.9 Å². The number of rotatable bonds is 16. The highest BCUT2D eigenvalue weighted by Gasteiger charge is 2.38. The van der Waals surface area contributed by atoms with Crippen LogP contribution in [0.5, 0.6) is 0 Å². The van der Waals surface area contributed by atoms with Crippen LogP contribution in [-0.4, -0.2) is 63.5 Å². The van der Waals surface area contributed by atoms with Crippen LogP contribution in [-0.2, 0) is 54.2 Å². The van der Waals surface area contributed by atoms with Crippen LogP contribution in [0.4, 0.5) is 4.79 Å². The van der Waals surface area contributed by atoms with Crippen molar-refractivity contribution in [1.29, 1.82) is 0 Å². The minimum atomic E-state index is -0.803. The van der Waals surface area contributed by atoms with Gasteiger partial charge in [0.05, 0.1) is 16.7 Å². The van der Waals surface area contributed by atoms with Gasteiger partial charge in [-0.3, -0.25) is 0 Å². The second-order valence-corrected chi connectivity index (χ2v) is 19.0. The van der Waals surface area contributed by atoms with Crippen molar-refractivity contribution in [2.75, 3.05) is 18.1 Å². The highest BCUT2D eigenvalue weighted by molar-refractivity contribution is 7.99. The Morgan fingerprint density at radius 2 is 1.08 bits per heavy atom. The number of nitrogens with zero attached hydrogens (tertiary/aromatic N) is 2. The fourth-order valence-corrected chi connectivity index (χ4v) is 10.00. The molecule has 0 saturated heterocycles. The summed E-state index contributed by atoms with van der Waals surface area (Å²) in [5.41, 5.74) is 11.1. The average Bonchev–Trinajstić information content (AvgIpc) is 3.28. The second kappa shape index (κ2) is 23.9. The molecule has 0 amide bonds. The number of aromatic nitrogens is 2. The number of hydrogen-bond acceptors (Lipinski definition) is 12. The quantitative estimate of drug-likeness (QED) is 0.0651. The van der Waals surface area contributed by atoms with Gasteiger partial charge >= 0.3 is 18.1 Å². The predicted octanol–water partition coefficient (Wildman–Crippen LogP) is 12.3. The molecule has 1 N–H and O–H groups in total. The monoisotopic (exact) mass is 922 g/mol. The van der Waals surface area contributed by atoms with Gasteiger partial charge in [0, 0.05) is 48.6 Å². The van der Waals surface area contributed by atoms with Gasteiger partial charge in [0.2, 0.25) is 0 Å². The fourth-order valence-electron chi connectivity index (χ4n) is 8.12. The van der Waals surface area contributed by atoms with Gasteiger partial charge in [0.25, 0.3) is 0 Å². The smallest absolute Gasteiger partial charge is 0.511 e. The summed E-state index contributed by atoms with van der Waals surface area (Å²) >= 11 is 3.26. The third kappa shape index (κ3) is 13.3. The molecule has 4 aromatic rings. The molecule has 4 unspecified atom stereocenters. The lowest BCUT2D eigenvalue weighted by Gasteiger charge is -2.31. The summed E-state index contributed by atoms with van der Waals surface area (Å²) < 4.78 is 22.5. The number of hydrogen-bond donors (Lipinski definition) is 1. The van der Waals surface area contributed by atoms with Gasteiger partial charge in [-0.1, -0.05) is 89.1 Å². The Kier molecular flexibility index (Phi) is 18.7. The maximum absolute atomic E-state index is 13.5. The molecule has 2 aliphatic rings. The maximum atomic E-state index is 13.5. The Morgan fingerprint density at radius 1 is 0.662 bits per heavy atom. The van der Waals surface area contributed by atoms with Crippen LogP contribution >= 0.6 is 23.5 Å². The highest BCUT2D eigenvalue weighted by atomic mass is 32.2. The lowest BCUT2D eigenvalue weighted by atomic mass is 9.86. The SMILES string of the molecule is CCOC(=O)OC1=C(c2c(CC)cc(C)cc2CC)C(=O)OC(C(C)CSc2ccc(C)cn2)C1.CCc1cc(C)cc(CC)c1C1=C(O)CC(C(C)CSc2ccc(C)cn2)OC1=O. The zero-order chi connectivity index (χ0) is 47.4. The lowest BCUT2D eigenvalue weighted by Crippen LogP contribution is -2.34. The normalized spacial score (nSPS) is 17.2. The van der Waals surface area contributed by atoms with Crippen LogP contribution in [0, 0.1) is 39.5 Å². The minimum absolute atomic E-state index is 0.0173. The first kappa shape index (κ1) is 50.9. The molecule has 2 aromatic carbocycles. The molecule has 2 aliphatic heterocycles. The van der Waals surface area contributed by atoms with Crippen LogP contribution < -0.4 is 0 Å². The molecule has 348 valence electrons. The van der Waals surface area contributed by atoms with Gasteiger partial charge in [0.1, 0.15) is 34.9 Å². The summed E-state index contributed by atoms with van der Waals surface area (Å²) in [6, 6.07) is 16.4. The molecular formula is C53H66N2O8S2. The molecule has 0 bridgehead atoms. The number of benzene rings is 2. The van der Waals surface area contributed by atoms with Gasteiger partial charge < -0.3 is 24.1 Å². The molecule has 0 aliphatic carbocycles. The second-order valence-electron chi connectivity index (χ2n) is 17.0. The molecule has 4 atom stereocenters. The van der Waals surface area contributed by atoms with Crippen molar-refractivity contribution in [1.82, 2.24) is 9.97 Å². The van der Waals surface area contributed by atoms with Gasteiger partial charge in [-0.05, 0) is 117 Å². The number of ether oxygens (including phenoxy) is 4. The van der Waals surface area contributed by atoms with Crippen molar-refractivity contribution < 1.29 is 38.4 Å². The number of pyridine rings is 2. The first-order valence-corrected chi connectivity index (χ1v) is 24.9. The summed E-state index contributed by atoms with van der Waals surface area (Å²) in [5, 5.41) is 12.8. The maximum Gasteiger partial charge on any atom is 0.513 e. The minimum Gasteiger partial charge on any atom is -0.511 e. The molecule has 12 heteroatoms. The Hall–Kier alpha value is -5.07. The summed E-state index contributed by atoms with van der Waals surface area (Å²) in [4.78, 5) is 47.6. The van der Waals surface area contributed by atoms with Crippen LogP contribution in [0.25, 0.3) is 11.1 Å². The van der Waals surface area contributed by atoms with E-state index in [2.05, 4.69) is 75.8 Å². The van der Waals surface area contributed by atoms with Gasteiger partial charge in [-0.2, -0.15) is 0 Å². The Balaban J connectivity index is 0.000000247. The standard InChI is InChI=1S/C28H35NO5S.C25H31NO3S/c1-7-20-12-18(5)13-21(8-2)25(20)26-23(34-28(31)32-9-3)14-22(33-27(26)30)19(6)16-35-24-11-10-17(4)15-29-24;1-6-18-10-16(4)11-19(7-2)23(18)24-20(27)12-21(29-25(24)28)17(5)14-30-22-9-8-15(3)13-26-22/h10-13,15,19,22H,7-9,14,16H2,1-6H3;8-11,13,17,21,27H,6-7,12,14H2,1-5H3. The summed E-state index contributed by atoms with van der Waals surface area (Å²) in [6.07, 6.45) is 5.88. The van der Waals surface area contributed by atoms with Crippen LogP contribution in [0.15, 0.2) is 82.5 Å². The largest absolute Gasteiger partial charge is 0.513 e. The van der Waals surface area contributed by atoms with Crippen LogP contribution in [0.3, 0.4) is 0 Å². The predicted molar refractivity (Wildman–Crippen MR) is 261 cm³/mol. The number of esters is 2. The molecule has 2 aromatic heterocycles. The molecular weight excluding hydrogens is 857 g/mol. The van der Waals surface area contributed by atoms with E-state index in [0.29, 0.717) is 35.5 Å². The number of aryl methyl sites for hydroxylation is 8. The summed E-state index contributed by atoms with van der Waals surface area (Å²) in [6.45, 7) is 22.4. The van der Waals surface area contributed by atoms with Crippen molar-refractivity contribution >= 4 is 52.8 Å². The first-order chi connectivity index (χ1) is 31.1. The molecule has 0 radical (unpaired) electrons. The van der Waals surface area contributed by atoms with Crippen molar-refractivity contribution in [3.8, 4) is 0 Å². The van der Waals surface area contributed by atoms with Gasteiger partial charge in [-0.15, -0.1) is 23.5 Å². The van der Waals surface area contributed by atoms with E-state index in [-0.39, 0.29) is 30.3 Å². The molecule has 0 spiro atoms. The number of carbonyl (C=O) groups excluding carboxylic acids is 3. The van der Waals surface area contributed by atoms with E-state index < -0.39 is 24.2 Å². The zero-order valence-electron chi connectivity index (χ0n) is 40.0. The van der Waals surface area contributed by atoms with Crippen molar-refractivity contribution in [3.05, 3.63) is 128 Å². The number of cyclic esters (lactones) is 2. The Bertz CT molecular complexity index is 2320. The van der Waals surface area contributed by atoms with E-state index in [0.717, 1.165) is 91.6 Å². The zero-order valence-corrected chi connectivity index (χ0v) is 41.6. The lowest BCUT2D eigenvalue weighted by molar-refractivity contribution is -0.146. The Labute approximate surface area is 394 Å². The fraction of sp³-hybridized carbons (Fsp3) is 0.453. The molecule has 4 heterocycles. The van der Waals surface area contributed by atoms with E-state index in [9.17, 15) is 19.5 Å². The van der Waals surface area contributed by atoms with Crippen molar-refractivity contribution in [2.45, 2.75) is 137 Å². The van der Waals surface area contributed by atoms with E-state index in [1.54, 1.807) is 30.4 Å². The molecule has 65 heavy (non-hydrogen) atoms. The first-order valence-electron chi connectivity index (χ1n) is 22.9. The van der Waals surface area contributed by atoms with Crippen LogP contribution in [0.1, 0.15) is 117 Å². The van der Waals surface area contributed by atoms with Gasteiger partial charge in [-0.25, -0.2) is 24.4 Å². The molecule has 6 rings (SSSR count). The topological polar surface area (TPSA) is 134 Å². The van der Waals surface area contributed by atoms with E-state index in [1.807, 2.05) is 64.4 Å². The van der Waals surface area contributed by atoms with E-state index in [1.165, 1.54) is 5.56 Å². The summed E-state index contributed by atoms with van der Waals surface area (Å²) in [5.74, 6) is 1.19.